The Labute approximate surface area is 143 Å². The first kappa shape index (κ1) is 17.9. The van der Waals surface area contributed by atoms with Gasteiger partial charge in [0.1, 0.15) is 11.5 Å². The summed E-state index contributed by atoms with van der Waals surface area (Å²) in [5.74, 6) is 0.522. The van der Waals surface area contributed by atoms with Crippen LogP contribution in [0, 0.1) is 0 Å². The van der Waals surface area contributed by atoms with Crippen LogP contribution in [0.25, 0.3) is 10.9 Å². The van der Waals surface area contributed by atoms with Gasteiger partial charge in [-0.2, -0.15) is 13.2 Å². The molecule has 0 spiro atoms. The molecule has 0 unspecified atom stereocenters. The largest absolute Gasteiger partial charge is 0.433 e. The Morgan fingerprint density at radius 3 is 2.52 bits per heavy atom. The molecule has 1 fully saturated rings. The standard InChI is InChI=1S/C15H17F3N4O2S/c1-25(23,24)22-8-2-7-21(9-10-22)14-11-3-4-13(15(16,17)18)20-12(11)5-6-19-14/h3-6H,2,7-10H2,1H3. The molecule has 1 aliphatic rings. The van der Waals surface area contributed by atoms with Crippen LogP contribution in [-0.2, 0) is 16.2 Å². The Hall–Kier alpha value is -1.94. The van der Waals surface area contributed by atoms with E-state index in [-0.39, 0.29) is 5.52 Å². The van der Waals surface area contributed by atoms with Crippen LogP contribution in [-0.4, -0.2) is 55.1 Å². The van der Waals surface area contributed by atoms with Crippen molar-refractivity contribution in [3.05, 3.63) is 30.1 Å². The van der Waals surface area contributed by atoms with Crippen molar-refractivity contribution in [2.75, 3.05) is 37.3 Å². The van der Waals surface area contributed by atoms with Crippen molar-refractivity contribution in [2.45, 2.75) is 12.6 Å². The van der Waals surface area contributed by atoms with Crippen LogP contribution >= 0.6 is 0 Å². The van der Waals surface area contributed by atoms with Gasteiger partial charge in [0.15, 0.2) is 0 Å². The fraction of sp³-hybridized carbons (Fsp3) is 0.467. The summed E-state index contributed by atoms with van der Waals surface area (Å²) in [4.78, 5) is 9.86. The molecule has 25 heavy (non-hydrogen) atoms. The Kier molecular flexibility index (Phi) is 4.58. The molecule has 0 bridgehead atoms. The van der Waals surface area contributed by atoms with Crippen molar-refractivity contribution < 1.29 is 21.6 Å². The number of hydrogen-bond acceptors (Lipinski definition) is 5. The maximum Gasteiger partial charge on any atom is 0.433 e. The number of pyridine rings is 2. The van der Waals surface area contributed by atoms with E-state index in [0.29, 0.717) is 43.8 Å². The second kappa shape index (κ2) is 6.41. The molecular formula is C15H17F3N4O2S. The minimum absolute atomic E-state index is 0.212. The fourth-order valence-corrected chi connectivity index (χ4v) is 3.76. The Balaban J connectivity index is 1.93. The summed E-state index contributed by atoms with van der Waals surface area (Å²) in [6.45, 7) is 1.71. The topological polar surface area (TPSA) is 66.4 Å². The highest BCUT2D eigenvalue weighted by molar-refractivity contribution is 7.88. The molecule has 1 saturated heterocycles. The van der Waals surface area contributed by atoms with Gasteiger partial charge < -0.3 is 4.90 Å². The fourth-order valence-electron chi connectivity index (χ4n) is 2.89. The molecule has 0 saturated carbocycles. The third-order valence-electron chi connectivity index (χ3n) is 4.11. The lowest BCUT2D eigenvalue weighted by molar-refractivity contribution is -0.140. The smallest absolute Gasteiger partial charge is 0.355 e. The monoisotopic (exact) mass is 374 g/mol. The van der Waals surface area contributed by atoms with Crippen LogP contribution in [0.4, 0.5) is 19.0 Å². The van der Waals surface area contributed by atoms with Gasteiger partial charge in [-0.05, 0) is 24.6 Å². The summed E-state index contributed by atoms with van der Waals surface area (Å²) >= 11 is 0. The number of alkyl halides is 3. The number of halogens is 3. The lowest BCUT2D eigenvalue weighted by atomic mass is 10.2. The van der Waals surface area contributed by atoms with E-state index in [1.807, 2.05) is 4.90 Å². The molecule has 136 valence electrons. The van der Waals surface area contributed by atoms with E-state index in [1.165, 1.54) is 28.9 Å². The van der Waals surface area contributed by atoms with Crippen LogP contribution in [0.5, 0.6) is 0 Å². The highest BCUT2D eigenvalue weighted by atomic mass is 32.2. The number of anilines is 1. The van der Waals surface area contributed by atoms with Crippen molar-refractivity contribution in [3.8, 4) is 0 Å². The molecule has 3 heterocycles. The van der Waals surface area contributed by atoms with Gasteiger partial charge in [0, 0.05) is 37.8 Å². The van der Waals surface area contributed by atoms with Crippen LogP contribution in [0.15, 0.2) is 24.4 Å². The van der Waals surface area contributed by atoms with Gasteiger partial charge in [0.2, 0.25) is 10.0 Å². The van der Waals surface area contributed by atoms with E-state index < -0.39 is 21.9 Å². The highest BCUT2D eigenvalue weighted by Crippen LogP contribution is 2.31. The SMILES string of the molecule is CS(=O)(=O)N1CCCN(c2nccc3nc(C(F)(F)F)ccc23)CC1. The third-order valence-corrected chi connectivity index (χ3v) is 5.41. The zero-order valence-corrected chi connectivity index (χ0v) is 14.3. The lowest BCUT2D eigenvalue weighted by Crippen LogP contribution is -2.34. The van der Waals surface area contributed by atoms with Crippen molar-refractivity contribution in [3.63, 3.8) is 0 Å². The van der Waals surface area contributed by atoms with E-state index in [9.17, 15) is 21.6 Å². The summed E-state index contributed by atoms with van der Waals surface area (Å²) in [5, 5.41) is 0.517. The molecular weight excluding hydrogens is 357 g/mol. The van der Waals surface area contributed by atoms with Crippen LogP contribution < -0.4 is 4.90 Å². The first-order chi connectivity index (χ1) is 11.7. The minimum Gasteiger partial charge on any atom is -0.355 e. The van der Waals surface area contributed by atoms with Gasteiger partial charge in [0.25, 0.3) is 0 Å². The van der Waals surface area contributed by atoms with Crippen molar-refractivity contribution >= 4 is 26.7 Å². The molecule has 0 N–H and O–H groups in total. The van der Waals surface area contributed by atoms with Crippen molar-refractivity contribution in [2.24, 2.45) is 0 Å². The van der Waals surface area contributed by atoms with E-state index in [4.69, 9.17) is 0 Å². The average Bonchev–Trinajstić information content (AvgIpc) is 2.78. The number of fused-ring (bicyclic) bond motifs is 1. The van der Waals surface area contributed by atoms with Gasteiger partial charge in [0.05, 0.1) is 11.8 Å². The molecule has 2 aromatic heterocycles. The zero-order valence-electron chi connectivity index (χ0n) is 13.5. The van der Waals surface area contributed by atoms with E-state index >= 15 is 0 Å². The van der Waals surface area contributed by atoms with Crippen molar-refractivity contribution in [1.29, 1.82) is 0 Å². The summed E-state index contributed by atoms with van der Waals surface area (Å²) in [6.07, 6.45) is -1.30. The van der Waals surface area contributed by atoms with Gasteiger partial charge in [-0.1, -0.05) is 0 Å². The van der Waals surface area contributed by atoms with E-state index in [2.05, 4.69) is 9.97 Å². The molecule has 2 aromatic rings. The van der Waals surface area contributed by atoms with Crippen molar-refractivity contribution in [1.82, 2.24) is 14.3 Å². The van der Waals surface area contributed by atoms with Gasteiger partial charge in [-0.3, -0.25) is 0 Å². The molecule has 0 amide bonds. The highest BCUT2D eigenvalue weighted by Gasteiger charge is 2.32. The predicted octanol–water partition coefficient (Wildman–Crippen LogP) is 2.12. The molecule has 3 rings (SSSR count). The number of nitrogens with zero attached hydrogens (tertiary/aromatic N) is 4. The van der Waals surface area contributed by atoms with Crippen LogP contribution in [0.3, 0.4) is 0 Å². The number of sulfonamides is 1. The quantitative estimate of drug-likeness (QED) is 0.806. The Morgan fingerprint density at radius 2 is 1.84 bits per heavy atom. The normalized spacial score (nSPS) is 17.7. The second-order valence-electron chi connectivity index (χ2n) is 5.90. The van der Waals surface area contributed by atoms with Gasteiger partial charge >= 0.3 is 6.18 Å². The number of hydrogen-bond donors (Lipinski definition) is 0. The summed E-state index contributed by atoms with van der Waals surface area (Å²) in [6, 6.07) is 3.75. The van der Waals surface area contributed by atoms with E-state index in [0.717, 1.165) is 6.07 Å². The zero-order chi connectivity index (χ0) is 18.2. The summed E-state index contributed by atoms with van der Waals surface area (Å²) in [7, 11) is -3.27. The maximum atomic E-state index is 12.8. The molecule has 0 aromatic carbocycles. The van der Waals surface area contributed by atoms with Gasteiger partial charge in [-0.25, -0.2) is 22.7 Å². The third kappa shape index (κ3) is 3.84. The average molecular weight is 374 g/mol. The molecule has 0 atom stereocenters. The first-order valence-electron chi connectivity index (χ1n) is 7.69. The van der Waals surface area contributed by atoms with Crippen LogP contribution in [0.1, 0.15) is 12.1 Å². The molecule has 10 heteroatoms. The molecule has 1 aliphatic heterocycles. The Morgan fingerprint density at radius 1 is 1.08 bits per heavy atom. The first-order valence-corrected chi connectivity index (χ1v) is 9.54. The minimum atomic E-state index is -4.50. The number of rotatable bonds is 2. The van der Waals surface area contributed by atoms with E-state index in [1.54, 1.807) is 0 Å². The predicted molar refractivity (Wildman–Crippen MR) is 87.8 cm³/mol. The lowest BCUT2D eigenvalue weighted by Gasteiger charge is -2.23. The summed E-state index contributed by atoms with van der Waals surface area (Å²) < 4.78 is 63.3. The molecule has 0 aliphatic carbocycles. The number of aromatic nitrogens is 2. The van der Waals surface area contributed by atoms with Crippen LogP contribution in [0.2, 0.25) is 0 Å². The molecule has 0 radical (unpaired) electrons. The molecule has 6 nitrogen and oxygen atoms in total. The van der Waals surface area contributed by atoms with Gasteiger partial charge in [-0.15, -0.1) is 0 Å². The maximum absolute atomic E-state index is 12.8. The Bertz CT molecular complexity index is 886. The summed E-state index contributed by atoms with van der Waals surface area (Å²) in [5.41, 5.74) is -0.736. The second-order valence-corrected chi connectivity index (χ2v) is 7.88.